The number of nitrogens with one attached hydrogen (secondary N) is 1. The first kappa shape index (κ1) is 13.4. The number of carbonyl (C=O) groups excluding carboxylic acids is 1. The first-order valence-corrected chi connectivity index (χ1v) is 4.77. The number of hydrogen-bond donors (Lipinski definition) is 2. The molecule has 0 aromatic rings. The van der Waals surface area contributed by atoms with Crippen LogP contribution in [0.15, 0.2) is 0 Å². The average Bonchev–Trinajstić information content (AvgIpc) is 2.03. The zero-order chi connectivity index (χ0) is 11.6. The van der Waals surface area contributed by atoms with Gasteiger partial charge in [0.2, 0.25) is 0 Å². The predicted molar refractivity (Wildman–Crippen MR) is 57.0 cm³/mol. The number of methoxy groups -OCH3 is 1. The Bertz CT molecular complexity index is 210. The zero-order valence-corrected chi connectivity index (χ0v) is 9.97. The molecule has 3 N–H and O–H groups in total. The van der Waals surface area contributed by atoms with Crippen molar-refractivity contribution in [3.63, 3.8) is 0 Å². The van der Waals surface area contributed by atoms with E-state index in [9.17, 15) is 4.79 Å². The molecule has 14 heavy (non-hydrogen) atoms. The summed E-state index contributed by atoms with van der Waals surface area (Å²) in [6.07, 6.45) is 0. The van der Waals surface area contributed by atoms with Gasteiger partial charge in [0, 0.05) is 18.7 Å². The molecular formula is C10H22N2O2. The predicted octanol–water partition coefficient (Wildman–Crippen LogP) is 0.653. The third-order valence-electron chi connectivity index (χ3n) is 2.63. The van der Waals surface area contributed by atoms with E-state index in [0.29, 0.717) is 0 Å². The Kier molecular flexibility index (Phi) is 4.09. The zero-order valence-electron chi connectivity index (χ0n) is 9.97. The molecule has 0 spiro atoms. The maximum Gasteiger partial charge on any atom is 0.252 e. The van der Waals surface area contributed by atoms with Gasteiger partial charge in [0.15, 0.2) is 0 Å². The second-order valence-electron chi connectivity index (χ2n) is 4.68. The normalized spacial score (nSPS) is 15.1. The van der Waals surface area contributed by atoms with Gasteiger partial charge in [-0.1, -0.05) is 0 Å². The summed E-state index contributed by atoms with van der Waals surface area (Å²) < 4.78 is 5.07. The molecule has 0 saturated heterocycles. The van der Waals surface area contributed by atoms with Crippen molar-refractivity contribution in [3.05, 3.63) is 0 Å². The minimum Gasteiger partial charge on any atom is -0.369 e. The molecule has 1 atom stereocenters. The highest BCUT2D eigenvalue weighted by molar-refractivity contribution is 5.84. The van der Waals surface area contributed by atoms with Gasteiger partial charge in [-0.15, -0.1) is 0 Å². The van der Waals surface area contributed by atoms with Crippen molar-refractivity contribution in [2.75, 3.05) is 7.11 Å². The Morgan fingerprint density at radius 2 is 1.79 bits per heavy atom. The van der Waals surface area contributed by atoms with Crippen molar-refractivity contribution < 1.29 is 9.53 Å². The maximum atomic E-state index is 11.7. The minimum atomic E-state index is -0.813. The van der Waals surface area contributed by atoms with E-state index in [2.05, 4.69) is 5.32 Å². The van der Waals surface area contributed by atoms with Crippen molar-refractivity contribution in [2.24, 2.45) is 5.73 Å². The molecule has 0 rings (SSSR count). The molecule has 1 amide bonds. The van der Waals surface area contributed by atoms with Crippen LogP contribution in [0.4, 0.5) is 0 Å². The highest BCUT2D eigenvalue weighted by Crippen LogP contribution is 2.12. The second-order valence-corrected chi connectivity index (χ2v) is 4.68. The van der Waals surface area contributed by atoms with Crippen molar-refractivity contribution in [3.8, 4) is 0 Å². The molecule has 0 radical (unpaired) electrons. The molecule has 0 bridgehead atoms. The lowest BCUT2D eigenvalue weighted by molar-refractivity contribution is -0.141. The van der Waals surface area contributed by atoms with Gasteiger partial charge in [-0.3, -0.25) is 4.79 Å². The monoisotopic (exact) mass is 202 g/mol. The lowest BCUT2D eigenvalue weighted by Gasteiger charge is -2.34. The van der Waals surface area contributed by atoms with Crippen LogP contribution >= 0.6 is 0 Å². The summed E-state index contributed by atoms with van der Waals surface area (Å²) >= 11 is 0. The van der Waals surface area contributed by atoms with Crippen molar-refractivity contribution in [1.29, 1.82) is 0 Å². The van der Waals surface area contributed by atoms with Gasteiger partial charge in [-0.05, 0) is 34.6 Å². The summed E-state index contributed by atoms with van der Waals surface area (Å²) in [5.74, 6) is -0.151. The Labute approximate surface area is 86.2 Å². The van der Waals surface area contributed by atoms with Gasteiger partial charge in [0.05, 0.1) is 0 Å². The number of rotatable bonds is 4. The molecule has 4 nitrogen and oxygen atoms in total. The van der Waals surface area contributed by atoms with E-state index < -0.39 is 11.1 Å². The van der Waals surface area contributed by atoms with Gasteiger partial charge < -0.3 is 15.8 Å². The topological polar surface area (TPSA) is 64.3 Å². The lowest BCUT2D eigenvalue weighted by atomic mass is 9.95. The van der Waals surface area contributed by atoms with Crippen LogP contribution in [0.25, 0.3) is 0 Å². The maximum absolute atomic E-state index is 11.7. The van der Waals surface area contributed by atoms with Crippen LogP contribution in [0.1, 0.15) is 34.6 Å². The molecule has 0 aliphatic heterocycles. The van der Waals surface area contributed by atoms with Gasteiger partial charge >= 0.3 is 0 Å². The van der Waals surface area contributed by atoms with Gasteiger partial charge in [-0.25, -0.2) is 0 Å². The first-order valence-electron chi connectivity index (χ1n) is 4.77. The Morgan fingerprint density at radius 3 is 2.07 bits per heavy atom. The highest BCUT2D eigenvalue weighted by atomic mass is 16.5. The largest absolute Gasteiger partial charge is 0.369 e. The van der Waals surface area contributed by atoms with Crippen LogP contribution in [0.5, 0.6) is 0 Å². The van der Waals surface area contributed by atoms with E-state index >= 15 is 0 Å². The fourth-order valence-corrected chi connectivity index (χ4v) is 0.650. The highest BCUT2D eigenvalue weighted by Gasteiger charge is 2.33. The van der Waals surface area contributed by atoms with Crippen LogP contribution in [0.2, 0.25) is 0 Å². The number of amides is 1. The molecule has 0 aromatic heterocycles. The quantitative estimate of drug-likeness (QED) is 0.703. The standard InChI is InChI=1S/C10H22N2O2/c1-7(11)9(2,3)12-8(13)10(4,5)14-6/h7H,11H2,1-6H3,(H,12,13). The Hall–Kier alpha value is -0.610. The number of nitrogens with two attached hydrogens (primary N) is 1. The van der Waals surface area contributed by atoms with E-state index in [1.165, 1.54) is 7.11 Å². The first-order chi connectivity index (χ1) is 6.13. The number of hydrogen-bond acceptors (Lipinski definition) is 3. The molecule has 0 heterocycles. The molecule has 0 fully saturated rings. The summed E-state index contributed by atoms with van der Waals surface area (Å²) in [5.41, 5.74) is 4.51. The smallest absolute Gasteiger partial charge is 0.252 e. The number of carbonyl (C=O) groups is 1. The van der Waals surface area contributed by atoms with E-state index in [1.54, 1.807) is 13.8 Å². The van der Waals surface area contributed by atoms with Crippen molar-refractivity contribution in [2.45, 2.75) is 51.8 Å². The summed E-state index contributed by atoms with van der Waals surface area (Å²) in [6, 6.07) is -0.112. The third kappa shape index (κ3) is 3.27. The number of ether oxygens (including phenoxy) is 1. The fourth-order valence-electron chi connectivity index (χ4n) is 0.650. The van der Waals surface area contributed by atoms with Gasteiger partial charge in [0.1, 0.15) is 5.60 Å². The van der Waals surface area contributed by atoms with Crippen LogP contribution in [-0.2, 0) is 9.53 Å². The fraction of sp³-hybridized carbons (Fsp3) is 0.900. The molecule has 0 aromatic carbocycles. The molecule has 0 aliphatic rings. The molecule has 84 valence electrons. The van der Waals surface area contributed by atoms with Crippen LogP contribution in [0, 0.1) is 0 Å². The SMILES string of the molecule is COC(C)(C)C(=O)NC(C)(C)C(C)N. The summed E-state index contributed by atoms with van der Waals surface area (Å²) in [4.78, 5) is 11.7. The van der Waals surface area contributed by atoms with E-state index in [1.807, 2.05) is 20.8 Å². The van der Waals surface area contributed by atoms with Gasteiger partial charge in [0.25, 0.3) is 5.91 Å². The van der Waals surface area contributed by atoms with E-state index in [-0.39, 0.29) is 11.9 Å². The molecule has 0 saturated carbocycles. The average molecular weight is 202 g/mol. The summed E-state index contributed by atoms with van der Waals surface area (Å²) in [6.45, 7) is 9.09. The molecule has 0 aliphatic carbocycles. The van der Waals surface area contributed by atoms with Gasteiger partial charge in [-0.2, -0.15) is 0 Å². The second kappa shape index (κ2) is 4.28. The molecule has 4 heteroatoms. The third-order valence-corrected chi connectivity index (χ3v) is 2.63. The summed E-state index contributed by atoms with van der Waals surface area (Å²) in [5, 5.41) is 2.86. The van der Waals surface area contributed by atoms with Crippen molar-refractivity contribution >= 4 is 5.91 Å². The minimum absolute atomic E-state index is 0.112. The van der Waals surface area contributed by atoms with Crippen LogP contribution < -0.4 is 11.1 Å². The van der Waals surface area contributed by atoms with Crippen LogP contribution in [0.3, 0.4) is 0 Å². The van der Waals surface area contributed by atoms with Crippen molar-refractivity contribution in [1.82, 2.24) is 5.32 Å². The lowest BCUT2D eigenvalue weighted by Crippen LogP contribution is -2.59. The molecular weight excluding hydrogens is 180 g/mol. The Morgan fingerprint density at radius 1 is 1.36 bits per heavy atom. The Balaban J connectivity index is 4.48. The van der Waals surface area contributed by atoms with Crippen LogP contribution in [-0.4, -0.2) is 30.2 Å². The van der Waals surface area contributed by atoms with E-state index in [4.69, 9.17) is 10.5 Å². The summed E-state index contributed by atoms with van der Waals surface area (Å²) in [7, 11) is 1.51. The van der Waals surface area contributed by atoms with E-state index in [0.717, 1.165) is 0 Å². The molecule has 1 unspecified atom stereocenters.